The van der Waals surface area contributed by atoms with Crippen molar-refractivity contribution in [3.8, 4) is 11.4 Å². The summed E-state index contributed by atoms with van der Waals surface area (Å²) in [6, 6.07) is 13.3. The predicted molar refractivity (Wildman–Crippen MR) is 124 cm³/mol. The van der Waals surface area contributed by atoms with Crippen molar-refractivity contribution >= 4 is 34.5 Å². The lowest BCUT2D eigenvalue weighted by Gasteiger charge is -2.37. The molecule has 0 saturated carbocycles. The van der Waals surface area contributed by atoms with Gasteiger partial charge in [0.05, 0.1) is 11.6 Å². The van der Waals surface area contributed by atoms with Crippen molar-refractivity contribution < 1.29 is 8.91 Å². The fourth-order valence-electron chi connectivity index (χ4n) is 3.63. The fraction of sp³-hybridized carbons (Fsp3) is 0.261. The molecule has 1 unspecified atom stereocenters. The molecule has 5 nitrogen and oxygen atoms in total. The smallest absolute Gasteiger partial charge is 0.258 e. The quantitative estimate of drug-likeness (QED) is 0.459. The molecule has 2 heterocycles. The summed E-state index contributed by atoms with van der Waals surface area (Å²) in [5.41, 5.74) is 3.22. The number of nitrogens with zero attached hydrogens (tertiary/aromatic N) is 3. The van der Waals surface area contributed by atoms with Gasteiger partial charge >= 0.3 is 0 Å². The van der Waals surface area contributed by atoms with Crippen LogP contribution in [0.25, 0.3) is 17.0 Å². The number of halogens is 2. The van der Waals surface area contributed by atoms with Crippen molar-refractivity contribution in [2.75, 3.05) is 6.54 Å². The van der Waals surface area contributed by atoms with Crippen LogP contribution in [0.15, 0.2) is 58.8 Å². The lowest BCUT2D eigenvalue weighted by atomic mass is 9.94. The molecule has 1 aliphatic heterocycles. The van der Waals surface area contributed by atoms with Crippen LogP contribution >= 0.6 is 23.8 Å². The molecular formula is C23H22ClFN4OS. The van der Waals surface area contributed by atoms with E-state index in [0.717, 1.165) is 41.8 Å². The normalized spacial score (nSPS) is 16.6. The highest BCUT2D eigenvalue weighted by Gasteiger charge is 2.34. The lowest BCUT2D eigenvalue weighted by molar-refractivity contribution is 0.395. The van der Waals surface area contributed by atoms with Crippen LogP contribution < -0.4 is 5.32 Å². The van der Waals surface area contributed by atoms with E-state index in [1.54, 1.807) is 18.2 Å². The average Bonchev–Trinajstić information content (AvgIpc) is 3.23. The first kappa shape index (κ1) is 21.5. The van der Waals surface area contributed by atoms with Crippen LogP contribution in [0.4, 0.5) is 4.39 Å². The Kier molecular flexibility index (Phi) is 6.34. The first-order valence-corrected chi connectivity index (χ1v) is 10.9. The molecule has 1 aromatic heterocycles. The van der Waals surface area contributed by atoms with E-state index < -0.39 is 6.04 Å². The van der Waals surface area contributed by atoms with Gasteiger partial charge in [-0.25, -0.2) is 4.39 Å². The Morgan fingerprint density at radius 2 is 2.00 bits per heavy atom. The first-order chi connectivity index (χ1) is 15.0. The van der Waals surface area contributed by atoms with Crippen molar-refractivity contribution in [3.05, 3.63) is 76.5 Å². The van der Waals surface area contributed by atoms with Crippen LogP contribution in [-0.2, 0) is 0 Å². The second-order valence-corrected chi connectivity index (χ2v) is 8.19. The van der Waals surface area contributed by atoms with Gasteiger partial charge < -0.3 is 14.7 Å². The third kappa shape index (κ3) is 4.48. The van der Waals surface area contributed by atoms with Gasteiger partial charge in [0.15, 0.2) is 5.11 Å². The molecule has 3 aromatic rings. The van der Waals surface area contributed by atoms with Crippen LogP contribution in [-0.4, -0.2) is 26.7 Å². The van der Waals surface area contributed by atoms with E-state index in [4.69, 9.17) is 28.3 Å². The number of unbranched alkanes of at least 4 members (excludes halogenated alkanes) is 1. The maximum absolute atomic E-state index is 14.0. The predicted octanol–water partition coefficient (Wildman–Crippen LogP) is 5.99. The maximum Gasteiger partial charge on any atom is 0.258 e. The van der Waals surface area contributed by atoms with Gasteiger partial charge in [-0.2, -0.15) is 4.98 Å². The lowest BCUT2D eigenvalue weighted by Crippen LogP contribution is -2.46. The minimum atomic E-state index is -0.403. The molecule has 0 bridgehead atoms. The Hall–Kier alpha value is -2.77. The van der Waals surface area contributed by atoms with Crippen molar-refractivity contribution in [3.63, 3.8) is 0 Å². The number of aromatic nitrogens is 2. The Labute approximate surface area is 190 Å². The number of rotatable bonds is 6. The molecule has 1 aliphatic rings. The largest absolute Gasteiger partial charge is 0.351 e. The van der Waals surface area contributed by atoms with Gasteiger partial charge in [0.1, 0.15) is 5.82 Å². The molecule has 0 fully saturated rings. The third-order valence-electron chi connectivity index (χ3n) is 5.27. The minimum Gasteiger partial charge on any atom is -0.351 e. The number of allylic oxidation sites excluding steroid dienone is 1. The molecule has 4 rings (SSSR count). The van der Waals surface area contributed by atoms with Crippen molar-refractivity contribution in [1.82, 2.24) is 20.4 Å². The van der Waals surface area contributed by atoms with Gasteiger partial charge in [-0.05, 0) is 67.5 Å². The monoisotopic (exact) mass is 456 g/mol. The van der Waals surface area contributed by atoms with E-state index in [-0.39, 0.29) is 5.82 Å². The Balaban J connectivity index is 1.80. The molecule has 0 amide bonds. The molecular weight excluding hydrogens is 435 g/mol. The third-order valence-corrected chi connectivity index (χ3v) is 5.86. The number of thiocarbonyl (C=S) groups is 1. The highest BCUT2D eigenvalue weighted by atomic mass is 35.5. The van der Waals surface area contributed by atoms with E-state index in [9.17, 15) is 4.39 Å². The van der Waals surface area contributed by atoms with Gasteiger partial charge in [0, 0.05) is 22.8 Å². The van der Waals surface area contributed by atoms with Gasteiger partial charge in [-0.1, -0.05) is 42.2 Å². The van der Waals surface area contributed by atoms with Crippen LogP contribution in [0.5, 0.6) is 0 Å². The Bertz CT molecular complexity index is 1130. The van der Waals surface area contributed by atoms with Gasteiger partial charge in [0.2, 0.25) is 5.82 Å². The molecule has 1 N–H and O–H groups in total. The number of benzene rings is 2. The molecule has 0 spiro atoms. The summed E-state index contributed by atoms with van der Waals surface area (Å²) in [5.74, 6) is 0.509. The van der Waals surface area contributed by atoms with Crippen molar-refractivity contribution in [2.45, 2.75) is 32.7 Å². The second-order valence-electron chi connectivity index (χ2n) is 7.37. The van der Waals surface area contributed by atoms with Gasteiger partial charge in [-0.15, -0.1) is 0 Å². The number of hydrogen-bond acceptors (Lipinski definition) is 4. The number of nitrogens with one attached hydrogen (secondary N) is 1. The molecule has 1 atom stereocenters. The summed E-state index contributed by atoms with van der Waals surface area (Å²) >= 11 is 11.6. The van der Waals surface area contributed by atoms with E-state index in [2.05, 4.69) is 22.4 Å². The van der Waals surface area contributed by atoms with Gasteiger partial charge in [-0.3, -0.25) is 0 Å². The topological polar surface area (TPSA) is 54.2 Å². The fourth-order valence-corrected chi connectivity index (χ4v) is 4.10. The molecule has 31 heavy (non-hydrogen) atoms. The zero-order chi connectivity index (χ0) is 22.0. The minimum absolute atomic E-state index is 0.317. The van der Waals surface area contributed by atoms with Crippen LogP contribution in [0.3, 0.4) is 0 Å². The highest BCUT2D eigenvalue weighted by molar-refractivity contribution is 7.80. The maximum atomic E-state index is 14.0. The SMILES string of the molecule is CCCCN1C(=S)NC(c2cccc(F)c2)C(c2nc(-c3ccc(Cl)cc3)no2)=C1C. The van der Waals surface area contributed by atoms with Crippen LogP contribution in [0.2, 0.25) is 5.02 Å². The van der Waals surface area contributed by atoms with E-state index in [1.165, 1.54) is 12.1 Å². The summed E-state index contributed by atoms with van der Waals surface area (Å²) in [6.07, 6.45) is 2.02. The summed E-state index contributed by atoms with van der Waals surface area (Å²) in [5, 5.41) is 8.73. The highest BCUT2D eigenvalue weighted by Crippen LogP contribution is 2.37. The summed E-state index contributed by atoms with van der Waals surface area (Å²) in [7, 11) is 0. The van der Waals surface area contributed by atoms with Crippen molar-refractivity contribution in [2.24, 2.45) is 0 Å². The van der Waals surface area contributed by atoms with Crippen LogP contribution in [0, 0.1) is 5.82 Å². The number of hydrogen-bond donors (Lipinski definition) is 1. The molecule has 0 saturated heterocycles. The Morgan fingerprint density at radius 1 is 1.23 bits per heavy atom. The summed E-state index contributed by atoms with van der Waals surface area (Å²) < 4.78 is 19.7. The van der Waals surface area contributed by atoms with E-state index >= 15 is 0 Å². The zero-order valence-corrected chi connectivity index (χ0v) is 18.8. The molecule has 8 heteroatoms. The molecule has 0 aliphatic carbocycles. The standard InChI is InChI=1S/C23H22ClFN4OS/c1-3-4-12-29-14(2)19(20(26-23(29)31)16-6-5-7-18(25)13-16)22-27-21(28-30-22)15-8-10-17(24)11-9-15/h5-11,13,20H,3-4,12H2,1-2H3,(H,26,31). The van der Waals surface area contributed by atoms with E-state index in [1.807, 2.05) is 30.0 Å². The second kappa shape index (κ2) is 9.16. The average molecular weight is 457 g/mol. The zero-order valence-electron chi connectivity index (χ0n) is 17.2. The molecule has 0 radical (unpaired) electrons. The first-order valence-electron chi connectivity index (χ1n) is 10.1. The van der Waals surface area contributed by atoms with E-state index in [0.29, 0.717) is 21.9 Å². The summed E-state index contributed by atoms with van der Waals surface area (Å²) in [4.78, 5) is 6.68. The summed E-state index contributed by atoms with van der Waals surface area (Å²) in [6.45, 7) is 4.88. The van der Waals surface area contributed by atoms with Crippen molar-refractivity contribution in [1.29, 1.82) is 0 Å². The van der Waals surface area contributed by atoms with Crippen LogP contribution in [0.1, 0.15) is 44.2 Å². The molecule has 160 valence electrons. The van der Waals surface area contributed by atoms with Gasteiger partial charge in [0.25, 0.3) is 5.89 Å². The Morgan fingerprint density at radius 3 is 2.71 bits per heavy atom. The molecule has 2 aromatic carbocycles.